The third-order valence-electron chi connectivity index (χ3n) is 4.16. The Morgan fingerprint density at radius 2 is 1.73 bits per heavy atom. The summed E-state index contributed by atoms with van der Waals surface area (Å²) in [6.07, 6.45) is 0. The van der Waals surface area contributed by atoms with Crippen LogP contribution in [0.1, 0.15) is 28.4 Å². The second kappa shape index (κ2) is 9.80. The predicted molar refractivity (Wildman–Crippen MR) is 115 cm³/mol. The molecule has 154 valence electrons. The summed E-state index contributed by atoms with van der Waals surface area (Å²) in [5.41, 5.74) is 4.07. The number of esters is 1. The lowest BCUT2D eigenvalue weighted by atomic mass is 10.1. The minimum Gasteiger partial charge on any atom is -0.452 e. The summed E-state index contributed by atoms with van der Waals surface area (Å²) in [7, 11) is 0. The van der Waals surface area contributed by atoms with E-state index in [0.29, 0.717) is 17.2 Å². The number of carbonyl (C=O) groups excluding carboxylic acids is 3. The van der Waals surface area contributed by atoms with Crippen LogP contribution < -0.4 is 10.6 Å². The van der Waals surface area contributed by atoms with Crippen molar-refractivity contribution in [3.63, 3.8) is 0 Å². The molecule has 0 atom stereocenters. The molecule has 0 spiro atoms. The average Bonchev–Trinajstić information content (AvgIpc) is 3.19. The van der Waals surface area contributed by atoms with E-state index in [2.05, 4.69) is 15.6 Å². The highest BCUT2D eigenvalue weighted by Gasteiger charge is 2.12. The van der Waals surface area contributed by atoms with Crippen LogP contribution >= 0.6 is 11.3 Å². The van der Waals surface area contributed by atoms with Crippen molar-refractivity contribution in [1.82, 2.24) is 10.3 Å². The Kier molecular flexibility index (Phi) is 6.92. The fourth-order valence-corrected chi connectivity index (χ4v) is 3.28. The number of thiazole rings is 1. The molecule has 2 N–H and O–H groups in total. The Morgan fingerprint density at radius 3 is 2.40 bits per heavy atom. The van der Waals surface area contributed by atoms with E-state index >= 15 is 0 Å². The molecule has 0 saturated carbocycles. The maximum Gasteiger partial charge on any atom is 0.338 e. The third kappa shape index (κ3) is 5.99. The summed E-state index contributed by atoms with van der Waals surface area (Å²) in [5, 5.41) is 7.61. The first-order chi connectivity index (χ1) is 14.4. The molecule has 2 aromatic carbocycles. The Hall–Kier alpha value is -3.52. The van der Waals surface area contributed by atoms with E-state index in [1.54, 1.807) is 24.3 Å². The maximum atomic E-state index is 12.1. The van der Waals surface area contributed by atoms with Crippen molar-refractivity contribution in [2.75, 3.05) is 11.9 Å². The Balaban J connectivity index is 1.49. The highest BCUT2D eigenvalue weighted by atomic mass is 32.1. The van der Waals surface area contributed by atoms with Crippen molar-refractivity contribution in [2.24, 2.45) is 0 Å². The minimum absolute atomic E-state index is 0.129. The van der Waals surface area contributed by atoms with Crippen LogP contribution in [-0.4, -0.2) is 29.4 Å². The lowest BCUT2D eigenvalue weighted by Gasteiger charge is -2.06. The van der Waals surface area contributed by atoms with Crippen LogP contribution in [0, 0.1) is 6.92 Å². The number of hydrogen-bond donors (Lipinski definition) is 2. The number of benzene rings is 2. The quantitative estimate of drug-likeness (QED) is 0.567. The van der Waals surface area contributed by atoms with Crippen LogP contribution in [0.3, 0.4) is 0 Å². The molecule has 1 heterocycles. The Labute approximate surface area is 178 Å². The fraction of sp³-hybridized carbons (Fsp3) is 0.182. The molecule has 1 aromatic heterocycles. The molecule has 3 rings (SSSR count). The van der Waals surface area contributed by atoms with Gasteiger partial charge in [0, 0.05) is 24.4 Å². The zero-order valence-electron chi connectivity index (χ0n) is 16.6. The molecule has 2 amide bonds. The van der Waals surface area contributed by atoms with Crippen molar-refractivity contribution in [3.8, 4) is 11.3 Å². The van der Waals surface area contributed by atoms with E-state index in [4.69, 9.17) is 4.74 Å². The van der Waals surface area contributed by atoms with Crippen LogP contribution in [0.4, 0.5) is 5.13 Å². The van der Waals surface area contributed by atoms with Gasteiger partial charge in [0.25, 0.3) is 5.91 Å². The minimum atomic E-state index is -0.601. The molecule has 0 aliphatic carbocycles. The number of aromatic nitrogens is 1. The lowest BCUT2D eigenvalue weighted by Crippen LogP contribution is -2.21. The van der Waals surface area contributed by atoms with Crippen molar-refractivity contribution in [1.29, 1.82) is 0 Å². The monoisotopic (exact) mass is 423 g/mol. The molecule has 0 bridgehead atoms. The molecule has 0 saturated heterocycles. The topological polar surface area (TPSA) is 97.4 Å². The predicted octanol–water partition coefficient (Wildman–Crippen LogP) is 3.55. The van der Waals surface area contributed by atoms with Gasteiger partial charge in [-0.05, 0) is 24.6 Å². The summed E-state index contributed by atoms with van der Waals surface area (Å²) < 4.78 is 5.06. The smallest absolute Gasteiger partial charge is 0.338 e. The number of nitrogens with zero attached hydrogens (tertiary/aromatic N) is 1. The largest absolute Gasteiger partial charge is 0.452 e. The highest BCUT2D eigenvalue weighted by molar-refractivity contribution is 7.14. The van der Waals surface area contributed by atoms with Crippen LogP contribution in [-0.2, 0) is 20.9 Å². The van der Waals surface area contributed by atoms with Gasteiger partial charge in [0.05, 0.1) is 11.3 Å². The van der Waals surface area contributed by atoms with Crippen molar-refractivity contribution >= 4 is 34.3 Å². The number of ether oxygens (including phenoxy) is 1. The molecule has 0 aliphatic rings. The van der Waals surface area contributed by atoms with Gasteiger partial charge < -0.3 is 10.1 Å². The molecule has 30 heavy (non-hydrogen) atoms. The molecule has 8 heteroatoms. The normalized spacial score (nSPS) is 10.3. The first-order valence-electron chi connectivity index (χ1n) is 9.23. The van der Waals surface area contributed by atoms with Gasteiger partial charge in [0.1, 0.15) is 0 Å². The highest BCUT2D eigenvalue weighted by Crippen LogP contribution is 2.25. The van der Waals surface area contributed by atoms with Crippen LogP contribution in [0.25, 0.3) is 11.3 Å². The van der Waals surface area contributed by atoms with Gasteiger partial charge in [-0.3, -0.25) is 14.9 Å². The zero-order valence-corrected chi connectivity index (χ0v) is 17.4. The molecule has 3 aromatic rings. The van der Waals surface area contributed by atoms with Crippen LogP contribution in [0.15, 0.2) is 53.9 Å². The van der Waals surface area contributed by atoms with Crippen molar-refractivity contribution in [2.45, 2.75) is 20.4 Å². The first kappa shape index (κ1) is 21.2. The second-order valence-corrected chi connectivity index (χ2v) is 7.49. The number of hydrogen-bond acceptors (Lipinski definition) is 6. The number of rotatable bonds is 7. The summed E-state index contributed by atoms with van der Waals surface area (Å²) in [5.74, 6) is -1.19. The molecule has 0 radical (unpaired) electrons. The van der Waals surface area contributed by atoms with Gasteiger partial charge in [0.2, 0.25) is 5.91 Å². The fourth-order valence-electron chi connectivity index (χ4n) is 2.54. The van der Waals surface area contributed by atoms with E-state index in [1.165, 1.54) is 18.3 Å². The summed E-state index contributed by atoms with van der Waals surface area (Å²) in [4.78, 5) is 39.5. The van der Waals surface area contributed by atoms with E-state index in [1.807, 2.05) is 36.6 Å². The molecular formula is C22H21N3O4S. The van der Waals surface area contributed by atoms with Gasteiger partial charge in [-0.2, -0.15) is 0 Å². The van der Waals surface area contributed by atoms with Crippen LogP contribution in [0.2, 0.25) is 0 Å². The van der Waals surface area contributed by atoms with Crippen LogP contribution in [0.5, 0.6) is 0 Å². The number of amides is 2. The molecule has 0 fully saturated rings. The molecule has 0 unspecified atom stereocenters. The standard InChI is InChI=1S/C22H21N3O4S/c1-14-3-7-17(8-4-14)19-13-30-22(24-19)25-20(27)12-29-21(28)18-9-5-16(6-10-18)11-23-15(2)26/h3-10,13H,11-12H2,1-2H3,(H,23,26)(H,24,25,27). The van der Waals surface area contributed by atoms with Gasteiger partial charge in [-0.25, -0.2) is 9.78 Å². The van der Waals surface area contributed by atoms with Crippen molar-refractivity contribution < 1.29 is 19.1 Å². The number of nitrogens with one attached hydrogen (secondary N) is 2. The van der Waals surface area contributed by atoms with E-state index < -0.39 is 18.5 Å². The Morgan fingerprint density at radius 1 is 1.03 bits per heavy atom. The SMILES string of the molecule is CC(=O)NCc1ccc(C(=O)OCC(=O)Nc2nc(-c3ccc(C)cc3)cs2)cc1. The van der Waals surface area contributed by atoms with E-state index in [-0.39, 0.29) is 5.91 Å². The van der Waals surface area contributed by atoms with Gasteiger partial charge in [-0.1, -0.05) is 42.0 Å². The maximum absolute atomic E-state index is 12.1. The lowest BCUT2D eigenvalue weighted by molar-refractivity contribution is -0.119. The second-order valence-electron chi connectivity index (χ2n) is 6.63. The number of anilines is 1. The van der Waals surface area contributed by atoms with Crippen molar-refractivity contribution in [3.05, 3.63) is 70.6 Å². The van der Waals surface area contributed by atoms with E-state index in [0.717, 1.165) is 22.4 Å². The van der Waals surface area contributed by atoms with Gasteiger partial charge in [-0.15, -0.1) is 11.3 Å². The molecular weight excluding hydrogens is 402 g/mol. The Bertz CT molecular complexity index is 1040. The third-order valence-corrected chi connectivity index (χ3v) is 4.92. The number of carbonyl (C=O) groups is 3. The first-order valence-corrected chi connectivity index (χ1v) is 10.1. The van der Waals surface area contributed by atoms with Gasteiger partial charge in [0.15, 0.2) is 11.7 Å². The van der Waals surface area contributed by atoms with Gasteiger partial charge >= 0.3 is 5.97 Å². The molecule has 7 nitrogen and oxygen atoms in total. The average molecular weight is 423 g/mol. The summed E-state index contributed by atoms with van der Waals surface area (Å²) in [6.45, 7) is 3.42. The summed E-state index contributed by atoms with van der Waals surface area (Å²) >= 11 is 1.30. The zero-order chi connectivity index (χ0) is 21.5. The van der Waals surface area contributed by atoms with E-state index in [9.17, 15) is 14.4 Å². The molecule has 0 aliphatic heterocycles. The summed E-state index contributed by atoms with van der Waals surface area (Å²) in [6, 6.07) is 14.6. The number of aryl methyl sites for hydroxylation is 1.